The monoisotopic (exact) mass is 254 g/mol. The number of aliphatic hydroxyl groups excluding tert-OH is 1. The molecule has 0 aromatic heterocycles. The number of likely N-dealkylation sites (N-methyl/N-ethyl adjacent to an activating group) is 1. The molecular formula is C13H22N2OS. The molecule has 1 aromatic rings. The Morgan fingerprint density at radius 1 is 1.29 bits per heavy atom. The highest BCUT2D eigenvalue weighted by molar-refractivity contribution is 7.99. The minimum absolute atomic E-state index is 0.210. The summed E-state index contributed by atoms with van der Waals surface area (Å²) in [6.07, 6.45) is 0.969. The summed E-state index contributed by atoms with van der Waals surface area (Å²) in [5.74, 6) is 0.941. The third-order valence-corrected chi connectivity index (χ3v) is 3.77. The van der Waals surface area contributed by atoms with E-state index in [-0.39, 0.29) is 12.6 Å². The molecular weight excluding hydrogens is 232 g/mol. The molecule has 1 rings (SSSR count). The van der Waals surface area contributed by atoms with Gasteiger partial charge in [0.2, 0.25) is 0 Å². The molecule has 0 bridgehead atoms. The smallest absolute Gasteiger partial charge is 0.0558 e. The van der Waals surface area contributed by atoms with Crippen LogP contribution in [0.5, 0.6) is 0 Å². The van der Waals surface area contributed by atoms with Gasteiger partial charge in [-0.1, -0.05) is 18.2 Å². The van der Waals surface area contributed by atoms with Gasteiger partial charge in [0, 0.05) is 23.2 Å². The van der Waals surface area contributed by atoms with Crippen molar-refractivity contribution in [1.29, 1.82) is 0 Å². The van der Waals surface area contributed by atoms with E-state index in [9.17, 15) is 0 Å². The van der Waals surface area contributed by atoms with Crippen molar-refractivity contribution in [3.63, 3.8) is 0 Å². The summed E-state index contributed by atoms with van der Waals surface area (Å²) in [7, 11) is 2.01. The summed E-state index contributed by atoms with van der Waals surface area (Å²) in [6.45, 7) is 1.88. The van der Waals surface area contributed by atoms with Gasteiger partial charge in [0.15, 0.2) is 0 Å². The normalized spacial score (nSPS) is 12.9. The van der Waals surface area contributed by atoms with Crippen molar-refractivity contribution in [3.05, 3.63) is 30.3 Å². The van der Waals surface area contributed by atoms with Crippen molar-refractivity contribution in [2.24, 2.45) is 5.73 Å². The van der Waals surface area contributed by atoms with E-state index in [4.69, 9.17) is 10.8 Å². The lowest BCUT2D eigenvalue weighted by Crippen LogP contribution is -2.31. The Morgan fingerprint density at radius 3 is 2.65 bits per heavy atom. The Kier molecular flexibility index (Phi) is 7.28. The van der Waals surface area contributed by atoms with Crippen molar-refractivity contribution in [2.45, 2.75) is 17.4 Å². The number of benzene rings is 1. The molecule has 3 N–H and O–H groups in total. The Bertz CT molecular complexity index is 295. The molecule has 0 aliphatic rings. The summed E-state index contributed by atoms with van der Waals surface area (Å²) < 4.78 is 0. The zero-order valence-corrected chi connectivity index (χ0v) is 11.2. The number of rotatable bonds is 8. The highest BCUT2D eigenvalue weighted by Gasteiger charge is 2.05. The summed E-state index contributed by atoms with van der Waals surface area (Å²) in [5, 5.41) is 8.78. The highest BCUT2D eigenvalue weighted by atomic mass is 32.2. The fourth-order valence-electron chi connectivity index (χ4n) is 1.47. The summed E-state index contributed by atoms with van der Waals surface area (Å²) in [5.41, 5.74) is 6.06. The second kappa shape index (κ2) is 8.53. The fraction of sp³-hybridized carbons (Fsp3) is 0.538. The molecule has 0 fully saturated rings. The molecule has 17 heavy (non-hydrogen) atoms. The van der Waals surface area contributed by atoms with Crippen LogP contribution in [-0.2, 0) is 0 Å². The molecule has 3 nitrogen and oxygen atoms in total. The Labute approximate surface area is 108 Å². The minimum atomic E-state index is 0.210. The number of nitrogens with zero attached hydrogens (tertiary/aromatic N) is 1. The maximum atomic E-state index is 8.78. The van der Waals surface area contributed by atoms with Crippen LogP contribution in [0.4, 0.5) is 0 Å². The number of nitrogens with two attached hydrogens (primary N) is 1. The topological polar surface area (TPSA) is 49.5 Å². The maximum absolute atomic E-state index is 8.78. The third kappa shape index (κ3) is 6.68. The predicted molar refractivity (Wildman–Crippen MR) is 74.3 cm³/mol. The Hall–Kier alpha value is -0.550. The second-order valence-corrected chi connectivity index (χ2v) is 5.29. The van der Waals surface area contributed by atoms with Gasteiger partial charge in [0.1, 0.15) is 0 Å². The molecule has 0 aliphatic heterocycles. The van der Waals surface area contributed by atoms with E-state index in [0.29, 0.717) is 0 Å². The lowest BCUT2D eigenvalue weighted by molar-refractivity contribution is 0.218. The minimum Gasteiger partial charge on any atom is -0.395 e. The zero-order valence-electron chi connectivity index (χ0n) is 10.4. The van der Waals surface area contributed by atoms with Gasteiger partial charge < -0.3 is 15.7 Å². The van der Waals surface area contributed by atoms with E-state index in [0.717, 1.165) is 25.3 Å². The van der Waals surface area contributed by atoms with E-state index in [2.05, 4.69) is 17.0 Å². The van der Waals surface area contributed by atoms with Crippen molar-refractivity contribution >= 4 is 11.8 Å². The molecule has 0 amide bonds. The van der Waals surface area contributed by atoms with E-state index in [1.54, 1.807) is 11.8 Å². The van der Waals surface area contributed by atoms with Gasteiger partial charge in [-0.05, 0) is 32.1 Å². The SMILES string of the molecule is CN(CCO)CC[C@@H](N)CSc1ccccc1. The lowest BCUT2D eigenvalue weighted by atomic mass is 10.2. The molecule has 4 heteroatoms. The van der Waals surface area contributed by atoms with Gasteiger partial charge in [-0.3, -0.25) is 0 Å². The fourth-order valence-corrected chi connectivity index (χ4v) is 2.39. The van der Waals surface area contributed by atoms with Crippen molar-refractivity contribution < 1.29 is 5.11 Å². The number of aliphatic hydroxyl groups is 1. The first-order valence-corrected chi connectivity index (χ1v) is 6.93. The van der Waals surface area contributed by atoms with Gasteiger partial charge in [-0.2, -0.15) is 0 Å². The van der Waals surface area contributed by atoms with Crippen LogP contribution < -0.4 is 5.73 Å². The molecule has 0 heterocycles. The first kappa shape index (κ1) is 14.5. The van der Waals surface area contributed by atoms with Gasteiger partial charge in [-0.15, -0.1) is 11.8 Å². The van der Waals surface area contributed by atoms with Crippen molar-refractivity contribution in [2.75, 3.05) is 32.5 Å². The molecule has 0 saturated heterocycles. The molecule has 1 aromatic carbocycles. The second-order valence-electron chi connectivity index (χ2n) is 4.20. The third-order valence-electron chi connectivity index (χ3n) is 2.57. The molecule has 0 unspecified atom stereocenters. The highest BCUT2D eigenvalue weighted by Crippen LogP contribution is 2.18. The summed E-state index contributed by atoms with van der Waals surface area (Å²) in [4.78, 5) is 3.37. The predicted octanol–water partition coefficient (Wildman–Crippen LogP) is 1.42. The largest absolute Gasteiger partial charge is 0.395 e. The van der Waals surface area contributed by atoms with Crippen molar-refractivity contribution in [3.8, 4) is 0 Å². The molecule has 96 valence electrons. The first-order chi connectivity index (χ1) is 8.22. The Morgan fingerprint density at radius 2 is 2.00 bits per heavy atom. The van der Waals surface area contributed by atoms with Crippen LogP contribution in [0.1, 0.15) is 6.42 Å². The average Bonchev–Trinajstić information content (AvgIpc) is 2.35. The molecule has 0 aliphatic carbocycles. The molecule has 1 atom stereocenters. The van der Waals surface area contributed by atoms with Crippen molar-refractivity contribution in [1.82, 2.24) is 4.90 Å². The average molecular weight is 254 g/mol. The van der Waals surface area contributed by atoms with Crippen LogP contribution in [0.15, 0.2) is 35.2 Å². The number of hydrogen-bond donors (Lipinski definition) is 2. The lowest BCUT2D eigenvalue weighted by Gasteiger charge is -2.18. The summed E-state index contributed by atoms with van der Waals surface area (Å²) in [6, 6.07) is 10.5. The van der Waals surface area contributed by atoms with Gasteiger partial charge in [-0.25, -0.2) is 0 Å². The van der Waals surface area contributed by atoms with Gasteiger partial charge in [0.25, 0.3) is 0 Å². The maximum Gasteiger partial charge on any atom is 0.0558 e. The standard InChI is InChI=1S/C13H22N2OS/c1-15(9-10-16)8-7-12(14)11-17-13-5-3-2-4-6-13/h2-6,12,16H,7-11,14H2,1H3/t12-/m1/s1. The van der Waals surface area contributed by atoms with Crippen LogP contribution in [0, 0.1) is 0 Å². The van der Waals surface area contributed by atoms with Crippen LogP contribution in [-0.4, -0.2) is 48.5 Å². The number of hydrogen-bond acceptors (Lipinski definition) is 4. The first-order valence-electron chi connectivity index (χ1n) is 5.95. The molecule has 0 spiro atoms. The quantitative estimate of drug-likeness (QED) is 0.689. The van der Waals surface area contributed by atoms with E-state index in [1.807, 2.05) is 25.2 Å². The number of thioether (sulfide) groups is 1. The molecule has 0 radical (unpaired) electrons. The van der Waals surface area contributed by atoms with E-state index >= 15 is 0 Å². The van der Waals surface area contributed by atoms with Gasteiger partial charge in [0.05, 0.1) is 6.61 Å². The Balaban J connectivity index is 2.15. The van der Waals surface area contributed by atoms with Gasteiger partial charge >= 0.3 is 0 Å². The molecule has 0 saturated carbocycles. The zero-order chi connectivity index (χ0) is 12.5. The van der Waals surface area contributed by atoms with Crippen LogP contribution >= 0.6 is 11.8 Å². The van der Waals surface area contributed by atoms with Crippen LogP contribution in [0.2, 0.25) is 0 Å². The van der Waals surface area contributed by atoms with Crippen LogP contribution in [0.25, 0.3) is 0 Å². The summed E-state index contributed by atoms with van der Waals surface area (Å²) >= 11 is 1.80. The van der Waals surface area contributed by atoms with Crippen LogP contribution in [0.3, 0.4) is 0 Å². The van der Waals surface area contributed by atoms with E-state index in [1.165, 1.54) is 4.90 Å². The van der Waals surface area contributed by atoms with E-state index < -0.39 is 0 Å².